The molecular formula is C12H16N5O7P. The molecule has 2 aromatic rings. The molecule has 1 aliphatic rings. The average molecular weight is 373 g/mol. The van der Waals surface area contributed by atoms with Crippen LogP contribution in [0.4, 0.5) is 5.82 Å². The summed E-state index contributed by atoms with van der Waals surface area (Å²) >= 11 is 0. The van der Waals surface area contributed by atoms with Crippen LogP contribution in [0.5, 0.6) is 0 Å². The van der Waals surface area contributed by atoms with Crippen LogP contribution in [0.2, 0.25) is 0 Å². The molecule has 0 bridgehead atoms. The summed E-state index contributed by atoms with van der Waals surface area (Å²) in [5.74, 6) is -2.13. The Labute approximate surface area is 140 Å². The van der Waals surface area contributed by atoms with Gasteiger partial charge in [-0.05, 0) is 6.07 Å². The SMILES string of the molecule is Nc1ccn([C@@H]2O[C@H](C(O)P(=O)(O)n3ccnc3)[C@@H](O)[C@H]2O)c(=O)n1. The largest absolute Gasteiger partial charge is 0.387 e. The number of imidazole rings is 1. The van der Waals surface area contributed by atoms with Crippen LogP contribution in [0, 0.1) is 0 Å². The van der Waals surface area contributed by atoms with E-state index in [1.54, 1.807) is 0 Å². The number of nitrogens with two attached hydrogens (primary N) is 1. The Hall–Kier alpha value is -2.08. The highest BCUT2D eigenvalue weighted by molar-refractivity contribution is 7.56. The molecule has 0 aromatic carbocycles. The van der Waals surface area contributed by atoms with Crippen LogP contribution in [0.3, 0.4) is 0 Å². The van der Waals surface area contributed by atoms with Crippen molar-refractivity contribution in [1.82, 2.24) is 18.9 Å². The molecule has 2 unspecified atom stereocenters. The molecule has 13 heteroatoms. The van der Waals surface area contributed by atoms with Gasteiger partial charge < -0.3 is 30.7 Å². The molecule has 1 fully saturated rings. The van der Waals surface area contributed by atoms with Crippen LogP contribution in [-0.4, -0.2) is 63.2 Å². The van der Waals surface area contributed by atoms with Gasteiger partial charge in [-0.25, -0.2) is 9.78 Å². The molecule has 136 valence electrons. The number of hydrogen-bond acceptors (Lipinski definition) is 9. The predicted octanol–water partition coefficient (Wildman–Crippen LogP) is -2.31. The average Bonchev–Trinajstić information content (AvgIpc) is 3.18. The fourth-order valence-electron chi connectivity index (χ4n) is 2.53. The third kappa shape index (κ3) is 2.99. The van der Waals surface area contributed by atoms with Gasteiger partial charge in [0.1, 0.15) is 30.5 Å². The highest BCUT2D eigenvalue weighted by Crippen LogP contribution is 2.50. The molecule has 6 N–H and O–H groups in total. The van der Waals surface area contributed by atoms with E-state index in [1.165, 1.54) is 18.5 Å². The second-order valence-electron chi connectivity index (χ2n) is 5.46. The van der Waals surface area contributed by atoms with E-state index in [4.69, 9.17) is 10.5 Å². The fraction of sp³-hybridized carbons (Fsp3) is 0.417. The third-order valence-corrected chi connectivity index (χ3v) is 5.74. The molecule has 3 rings (SSSR count). The van der Waals surface area contributed by atoms with Crippen molar-refractivity contribution in [3.63, 3.8) is 0 Å². The van der Waals surface area contributed by atoms with Crippen LogP contribution in [0.25, 0.3) is 0 Å². The summed E-state index contributed by atoms with van der Waals surface area (Å²) in [6.45, 7) is 0. The van der Waals surface area contributed by atoms with Gasteiger partial charge in [0.2, 0.25) is 0 Å². The van der Waals surface area contributed by atoms with Crippen molar-refractivity contribution in [2.75, 3.05) is 5.73 Å². The number of ether oxygens (including phenoxy) is 1. The van der Waals surface area contributed by atoms with Gasteiger partial charge in [0.15, 0.2) is 12.1 Å². The molecule has 0 radical (unpaired) electrons. The summed E-state index contributed by atoms with van der Waals surface area (Å²) < 4.78 is 19.4. The van der Waals surface area contributed by atoms with Crippen LogP contribution in [0.15, 0.2) is 35.8 Å². The quantitative estimate of drug-likeness (QED) is 0.365. The molecule has 0 spiro atoms. The first-order valence-corrected chi connectivity index (χ1v) is 8.77. The molecule has 0 aliphatic carbocycles. The number of aliphatic hydroxyl groups is 3. The number of aromatic nitrogens is 4. The number of hydrogen-bond donors (Lipinski definition) is 5. The predicted molar refractivity (Wildman–Crippen MR) is 82.3 cm³/mol. The van der Waals surface area contributed by atoms with Gasteiger partial charge in [-0.1, -0.05) is 0 Å². The van der Waals surface area contributed by atoms with Crippen molar-refractivity contribution in [3.8, 4) is 0 Å². The van der Waals surface area contributed by atoms with Gasteiger partial charge in [0.25, 0.3) is 0 Å². The van der Waals surface area contributed by atoms with Crippen LogP contribution in [0.1, 0.15) is 6.23 Å². The van der Waals surface area contributed by atoms with Gasteiger partial charge >= 0.3 is 13.2 Å². The first kappa shape index (κ1) is 17.7. The summed E-state index contributed by atoms with van der Waals surface area (Å²) in [5.41, 5.74) is 4.53. The van der Waals surface area contributed by atoms with E-state index in [0.29, 0.717) is 0 Å². The van der Waals surface area contributed by atoms with Crippen molar-refractivity contribution in [3.05, 3.63) is 41.5 Å². The van der Waals surface area contributed by atoms with Gasteiger partial charge in [-0.3, -0.25) is 13.5 Å². The Morgan fingerprint density at radius 1 is 1.32 bits per heavy atom. The standard InChI is InChI=1S/C12H16N5O7P/c13-6-1-3-17(12(21)15-6)10-8(19)7(18)9(24-10)11(20)25(22,23)16-4-2-14-5-16/h1-5,7-11,18-20H,(H,22,23)(H2,13,15,21)/t7-,8+,9-,10+,11?/m0/s1. The monoisotopic (exact) mass is 373 g/mol. The molecule has 0 amide bonds. The molecule has 2 aromatic heterocycles. The Morgan fingerprint density at radius 3 is 2.64 bits per heavy atom. The Kier molecular flexibility index (Phi) is 4.49. The lowest BCUT2D eigenvalue weighted by Gasteiger charge is -2.25. The molecule has 6 atom stereocenters. The number of aliphatic hydroxyl groups excluding tert-OH is 3. The van der Waals surface area contributed by atoms with E-state index in [-0.39, 0.29) is 5.82 Å². The van der Waals surface area contributed by atoms with Crippen molar-refractivity contribution in [2.24, 2.45) is 0 Å². The van der Waals surface area contributed by atoms with E-state index in [9.17, 15) is 29.6 Å². The zero-order chi connectivity index (χ0) is 18.4. The van der Waals surface area contributed by atoms with Crippen LogP contribution in [-0.2, 0) is 9.30 Å². The number of anilines is 1. The van der Waals surface area contributed by atoms with Gasteiger partial charge in [0, 0.05) is 18.6 Å². The van der Waals surface area contributed by atoms with Gasteiger partial charge in [0.05, 0.1) is 0 Å². The Balaban J connectivity index is 1.89. The maximum Gasteiger partial charge on any atom is 0.351 e. The molecule has 1 saturated heterocycles. The van der Waals surface area contributed by atoms with Crippen molar-refractivity contribution in [1.29, 1.82) is 0 Å². The smallest absolute Gasteiger partial charge is 0.351 e. The first-order chi connectivity index (χ1) is 11.7. The van der Waals surface area contributed by atoms with Crippen LogP contribution < -0.4 is 11.4 Å². The molecule has 0 saturated carbocycles. The summed E-state index contributed by atoms with van der Waals surface area (Å²) in [5, 5.41) is 30.5. The molecule has 25 heavy (non-hydrogen) atoms. The van der Waals surface area contributed by atoms with E-state index in [1.807, 2.05) is 0 Å². The minimum Gasteiger partial charge on any atom is -0.387 e. The molecule has 3 heterocycles. The number of nitrogen functional groups attached to an aromatic ring is 1. The second-order valence-corrected chi connectivity index (χ2v) is 7.63. The minimum absolute atomic E-state index is 0.0502. The highest BCUT2D eigenvalue weighted by Gasteiger charge is 2.52. The zero-order valence-corrected chi connectivity index (χ0v) is 13.5. The fourth-order valence-corrected chi connectivity index (χ4v) is 3.89. The molecule has 12 nitrogen and oxygen atoms in total. The second kappa shape index (κ2) is 6.33. The zero-order valence-electron chi connectivity index (χ0n) is 12.6. The van der Waals surface area contributed by atoms with E-state index in [0.717, 1.165) is 21.4 Å². The Morgan fingerprint density at radius 2 is 2.04 bits per heavy atom. The van der Waals surface area contributed by atoms with Crippen molar-refractivity contribution < 1.29 is 29.5 Å². The van der Waals surface area contributed by atoms with Gasteiger partial charge in [-0.15, -0.1) is 0 Å². The lowest BCUT2D eigenvalue weighted by molar-refractivity contribution is -0.0674. The first-order valence-electron chi connectivity index (χ1n) is 7.09. The van der Waals surface area contributed by atoms with E-state index < -0.39 is 43.6 Å². The summed E-state index contributed by atoms with van der Waals surface area (Å²) in [4.78, 5) is 29.1. The topological polar surface area (TPSA) is 186 Å². The summed E-state index contributed by atoms with van der Waals surface area (Å²) in [7, 11) is -4.45. The van der Waals surface area contributed by atoms with E-state index >= 15 is 0 Å². The number of nitrogens with zero attached hydrogens (tertiary/aromatic N) is 4. The summed E-state index contributed by atoms with van der Waals surface area (Å²) in [6.07, 6.45) is -1.83. The van der Waals surface area contributed by atoms with E-state index in [2.05, 4.69) is 9.97 Å². The maximum atomic E-state index is 12.4. The maximum absolute atomic E-state index is 12.4. The summed E-state index contributed by atoms with van der Waals surface area (Å²) in [6, 6.07) is 1.27. The van der Waals surface area contributed by atoms with Crippen molar-refractivity contribution in [2.45, 2.75) is 30.4 Å². The minimum atomic E-state index is -4.45. The highest BCUT2D eigenvalue weighted by atomic mass is 31.2. The van der Waals surface area contributed by atoms with Crippen molar-refractivity contribution >= 4 is 13.3 Å². The number of rotatable bonds is 4. The lowest BCUT2D eigenvalue weighted by Crippen LogP contribution is -2.39. The van der Waals surface area contributed by atoms with Crippen LogP contribution >= 0.6 is 7.52 Å². The normalized spacial score (nSPS) is 30.1. The lowest BCUT2D eigenvalue weighted by atomic mass is 10.1. The van der Waals surface area contributed by atoms with Gasteiger partial charge in [-0.2, -0.15) is 4.98 Å². The molecular weight excluding hydrogens is 357 g/mol. The Bertz CT molecular complexity index is 856. The molecule has 1 aliphatic heterocycles. The third-order valence-electron chi connectivity index (χ3n) is 3.86.